The summed E-state index contributed by atoms with van der Waals surface area (Å²) in [4.78, 5) is 14.7. The fraction of sp³-hybridized carbons (Fsp3) is 0.538. The van der Waals surface area contributed by atoms with Gasteiger partial charge in [0.2, 0.25) is 0 Å². The molecule has 0 bridgehead atoms. The predicted octanol–water partition coefficient (Wildman–Crippen LogP) is 3.26. The molecule has 0 aromatic carbocycles. The highest BCUT2D eigenvalue weighted by molar-refractivity contribution is 5.70. The van der Waals surface area contributed by atoms with Gasteiger partial charge in [0, 0.05) is 12.7 Å². The van der Waals surface area contributed by atoms with Gasteiger partial charge in [-0.25, -0.2) is 4.98 Å². The van der Waals surface area contributed by atoms with Gasteiger partial charge in [-0.3, -0.25) is 4.79 Å². The summed E-state index contributed by atoms with van der Waals surface area (Å²) >= 11 is 0. The lowest BCUT2D eigenvalue weighted by Gasteiger charge is -2.18. The number of anilines is 1. The molecular formula is C13H17F3N2O2. The molecule has 2 N–H and O–H groups in total. The van der Waals surface area contributed by atoms with E-state index in [9.17, 15) is 18.0 Å². The van der Waals surface area contributed by atoms with Crippen molar-refractivity contribution in [2.75, 3.05) is 11.9 Å². The number of carbonyl (C=O) groups is 1. The number of pyridine rings is 1. The average Bonchev–Trinajstić information content (AvgIpc) is 2.33. The lowest BCUT2D eigenvalue weighted by atomic mass is 9.97. The number of alkyl halides is 3. The molecule has 0 radical (unpaired) electrons. The van der Waals surface area contributed by atoms with Gasteiger partial charge < -0.3 is 10.4 Å². The minimum absolute atomic E-state index is 0.0897. The van der Waals surface area contributed by atoms with Gasteiger partial charge in [0.25, 0.3) is 0 Å². The third-order valence-corrected chi connectivity index (χ3v) is 2.73. The van der Waals surface area contributed by atoms with E-state index in [4.69, 9.17) is 5.11 Å². The normalized spacial score (nSPS) is 13.3. The van der Waals surface area contributed by atoms with Gasteiger partial charge >= 0.3 is 12.1 Å². The van der Waals surface area contributed by atoms with Crippen LogP contribution in [-0.4, -0.2) is 22.6 Å². The first kappa shape index (κ1) is 16.3. The summed E-state index contributed by atoms with van der Waals surface area (Å²) in [6.07, 6.45) is -2.90. The van der Waals surface area contributed by atoms with Crippen molar-refractivity contribution in [1.82, 2.24) is 4.98 Å². The van der Waals surface area contributed by atoms with E-state index in [0.29, 0.717) is 6.42 Å². The van der Waals surface area contributed by atoms with E-state index in [1.54, 1.807) is 0 Å². The van der Waals surface area contributed by atoms with Crippen LogP contribution in [0.5, 0.6) is 0 Å². The first-order valence-electron chi connectivity index (χ1n) is 6.20. The molecule has 1 aromatic heterocycles. The molecule has 7 heteroatoms. The number of halogens is 3. The topological polar surface area (TPSA) is 62.2 Å². The van der Waals surface area contributed by atoms with E-state index in [0.717, 1.165) is 6.07 Å². The van der Waals surface area contributed by atoms with E-state index < -0.39 is 23.6 Å². The molecule has 4 nitrogen and oxygen atoms in total. The molecule has 112 valence electrons. The van der Waals surface area contributed by atoms with E-state index in [1.807, 2.05) is 13.8 Å². The van der Waals surface area contributed by atoms with Crippen molar-refractivity contribution in [3.05, 3.63) is 23.9 Å². The molecule has 0 aliphatic rings. The second-order valence-electron chi connectivity index (χ2n) is 4.94. The van der Waals surface area contributed by atoms with Crippen molar-refractivity contribution >= 4 is 11.8 Å². The number of nitrogens with one attached hydrogen (secondary N) is 1. The number of aliphatic carboxylic acids is 1. The molecule has 0 aliphatic carbocycles. The average molecular weight is 290 g/mol. The Morgan fingerprint density at radius 2 is 2.10 bits per heavy atom. The van der Waals surface area contributed by atoms with Crippen LogP contribution in [0.1, 0.15) is 25.8 Å². The molecule has 1 rings (SSSR count). The summed E-state index contributed by atoms with van der Waals surface area (Å²) in [6.45, 7) is 3.63. The summed E-state index contributed by atoms with van der Waals surface area (Å²) in [5.41, 5.74) is -0.895. The molecule has 0 fully saturated rings. The Bertz CT molecular complexity index is 461. The van der Waals surface area contributed by atoms with E-state index in [-0.39, 0.29) is 18.3 Å². The van der Waals surface area contributed by atoms with Gasteiger partial charge in [0.1, 0.15) is 5.82 Å². The summed E-state index contributed by atoms with van der Waals surface area (Å²) in [6, 6.07) is 2.10. The lowest BCUT2D eigenvalue weighted by Crippen LogP contribution is -2.25. The number of aromatic nitrogens is 1. The minimum Gasteiger partial charge on any atom is -0.481 e. The summed E-state index contributed by atoms with van der Waals surface area (Å²) in [5.74, 6) is -1.98. The molecular weight excluding hydrogens is 273 g/mol. The summed E-state index contributed by atoms with van der Waals surface area (Å²) in [5, 5.41) is 11.5. The van der Waals surface area contributed by atoms with Gasteiger partial charge in [0.05, 0.1) is 11.5 Å². The van der Waals surface area contributed by atoms with Crippen LogP contribution >= 0.6 is 0 Å². The molecule has 1 atom stereocenters. The molecule has 0 spiro atoms. The monoisotopic (exact) mass is 290 g/mol. The second kappa shape index (κ2) is 6.58. The van der Waals surface area contributed by atoms with Crippen LogP contribution < -0.4 is 5.32 Å². The Balaban J connectivity index is 2.81. The fourth-order valence-corrected chi connectivity index (χ4v) is 1.84. The molecule has 0 saturated carbocycles. The second-order valence-corrected chi connectivity index (χ2v) is 4.94. The molecule has 0 saturated heterocycles. The number of rotatable bonds is 6. The number of hydrogen-bond donors (Lipinski definition) is 2. The summed E-state index contributed by atoms with van der Waals surface area (Å²) in [7, 11) is 0. The smallest absolute Gasteiger partial charge is 0.419 e. The Labute approximate surface area is 115 Å². The van der Waals surface area contributed by atoms with Crippen molar-refractivity contribution in [3.63, 3.8) is 0 Å². The highest BCUT2D eigenvalue weighted by Crippen LogP contribution is 2.33. The van der Waals surface area contributed by atoms with Crippen molar-refractivity contribution in [1.29, 1.82) is 0 Å². The van der Waals surface area contributed by atoms with E-state index in [2.05, 4.69) is 10.3 Å². The van der Waals surface area contributed by atoms with Crippen LogP contribution in [0.3, 0.4) is 0 Å². The van der Waals surface area contributed by atoms with Crippen molar-refractivity contribution in [2.24, 2.45) is 11.8 Å². The third-order valence-electron chi connectivity index (χ3n) is 2.73. The zero-order chi connectivity index (χ0) is 15.3. The van der Waals surface area contributed by atoms with Crippen LogP contribution in [0.15, 0.2) is 18.3 Å². The number of carboxylic acid groups (broad SMARTS) is 1. The van der Waals surface area contributed by atoms with Gasteiger partial charge in [-0.15, -0.1) is 0 Å². The van der Waals surface area contributed by atoms with Crippen LogP contribution in [0.2, 0.25) is 0 Å². The highest BCUT2D eigenvalue weighted by atomic mass is 19.4. The van der Waals surface area contributed by atoms with E-state index in [1.165, 1.54) is 12.3 Å². The Morgan fingerprint density at radius 1 is 1.45 bits per heavy atom. The third kappa shape index (κ3) is 4.71. The number of nitrogens with zero attached hydrogens (tertiary/aromatic N) is 1. The first-order valence-corrected chi connectivity index (χ1v) is 6.20. The van der Waals surface area contributed by atoms with Gasteiger partial charge in [-0.2, -0.15) is 13.2 Å². The molecule has 1 unspecified atom stereocenters. The maximum Gasteiger partial charge on any atom is 0.419 e. The zero-order valence-corrected chi connectivity index (χ0v) is 11.2. The van der Waals surface area contributed by atoms with Gasteiger partial charge in [0.15, 0.2) is 0 Å². The standard InChI is InChI=1S/C13H17F3N2O2/c1-8(2)6-9(12(19)20)7-18-11-10(13(14,15)16)4-3-5-17-11/h3-5,8-9H,6-7H2,1-2H3,(H,17,18)(H,19,20). The van der Waals surface area contributed by atoms with Crippen molar-refractivity contribution in [3.8, 4) is 0 Å². The Morgan fingerprint density at radius 3 is 2.60 bits per heavy atom. The van der Waals surface area contributed by atoms with Crippen LogP contribution in [0, 0.1) is 11.8 Å². The van der Waals surface area contributed by atoms with Crippen LogP contribution in [-0.2, 0) is 11.0 Å². The largest absolute Gasteiger partial charge is 0.481 e. The molecule has 20 heavy (non-hydrogen) atoms. The van der Waals surface area contributed by atoms with Gasteiger partial charge in [-0.05, 0) is 24.5 Å². The summed E-state index contributed by atoms with van der Waals surface area (Å²) < 4.78 is 38.2. The van der Waals surface area contributed by atoms with Crippen LogP contribution in [0.4, 0.5) is 19.0 Å². The fourth-order valence-electron chi connectivity index (χ4n) is 1.84. The Hall–Kier alpha value is -1.79. The highest BCUT2D eigenvalue weighted by Gasteiger charge is 2.34. The van der Waals surface area contributed by atoms with Crippen LogP contribution in [0.25, 0.3) is 0 Å². The van der Waals surface area contributed by atoms with E-state index >= 15 is 0 Å². The van der Waals surface area contributed by atoms with Crippen molar-refractivity contribution in [2.45, 2.75) is 26.4 Å². The molecule has 1 heterocycles. The maximum atomic E-state index is 12.7. The molecule has 1 aromatic rings. The predicted molar refractivity (Wildman–Crippen MR) is 68.3 cm³/mol. The number of carboxylic acids is 1. The minimum atomic E-state index is -4.52. The lowest BCUT2D eigenvalue weighted by molar-refractivity contribution is -0.141. The molecule has 0 aliphatic heterocycles. The molecule has 0 amide bonds. The Kier molecular flexibility index (Phi) is 5.35. The zero-order valence-electron chi connectivity index (χ0n) is 11.2. The van der Waals surface area contributed by atoms with Gasteiger partial charge in [-0.1, -0.05) is 13.8 Å². The first-order chi connectivity index (χ1) is 9.21. The number of hydrogen-bond acceptors (Lipinski definition) is 3. The van der Waals surface area contributed by atoms with Crippen molar-refractivity contribution < 1.29 is 23.1 Å². The maximum absolute atomic E-state index is 12.7. The SMILES string of the molecule is CC(C)CC(CNc1ncccc1C(F)(F)F)C(=O)O. The quantitative estimate of drug-likeness (QED) is 0.844.